The van der Waals surface area contributed by atoms with Crippen molar-refractivity contribution in [2.45, 2.75) is 140 Å². The number of benzene rings is 5. The predicted molar refractivity (Wildman–Crippen MR) is 241 cm³/mol. The lowest BCUT2D eigenvalue weighted by Crippen LogP contribution is -2.65. The molecule has 0 saturated heterocycles. The number of hydrogen-bond donors (Lipinski definition) is 0. The lowest BCUT2D eigenvalue weighted by molar-refractivity contribution is -0.840. The third-order valence-corrected chi connectivity index (χ3v) is 15.1. The molecule has 0 N–H and O–H groups in total. The molecule has 3 unspecified atom stereocenters. The van der Waals surface area contributed by atoms with Crippen LogP contribution in [0.1, 0.15) is 150 Å². The van der Waals surface area contributed by atoms with Gasteiger partial charge in [-0.1, -0.05) is 150 Å². The second kappa shape index (κ2) is 13.6. The number of fused-ring (bicyclic) bond motifs is 12. The molecule has 4 nitrogen and oxygen atoms in total. The molecule has 294 valence electrons. The number of hydrogen-bond acceptors (Lipinski definition) is 2. The largest absolute Gasteiger partial charge is 0.417 e. The van der Waals surface area contributed by atoms with Gasteiger partial charge < -0.3 is 0 Å². The summed E-state index contributed by atoms with van der Waals surface area (Å²) in [6.45, 7) is 11.8. The van der Waals surface area contributed by atoms with Crippen LogP contribution >= 0.6 is 0 Å². The van der Waals surface area contributed by atoms with E-state index in [0.717, 1.165) is 6.42 Å². The molecule has 6 aliphatic rings. The molecule has 3 aliphatic carbocycles. The average Bonchev–Trinajstić information content (AvgIpc) is 3.79. The fraction of sp³-hybridized carbons (Fsp3) is 0.426. The van der Waals surface area contributed by atoms with Gasteiger partial charge in [0.05, 0.1) is 11.5 Å². The zero-order chi connectivity index (χ0) is 39.3. The molecular weight excluding hydrogens is 705 g/mol. The van der Waals surface area contributed by atoms with E-state index in [1.54, 1.807) is 5.56 Å². The summed E-state index contributed by atoms with van der Waals surface area (Å²) in [5.74, 6) is 0.145. The molecular formula is C54H60N4+2. The van der Waals surface area contributed by atoms with Crippen LogP contribution in [0, 0.1) is 5.92 Å². The number of nitrogens with zero attached hydrogens (tertiary/aromatic N) is 4. The van der Waals surface area contributed by atoms with E-state index in [-0.39, 0.29) is 17.4 Å². The van der Waals surface area contributed by atoms with Crippen molar-refractivity contribution in [2.24, 2.45) is 10.9 Å². The monoisotopic (exact) mass is 764 g/mol. The Morgan fingerprint density at radius 3 is 2.24 bits per heavy atom. The minimum absolute atomic E-state index is 0.0735. The van der Waals surface area contributed by atoms with Crippen molar-refractivity contribution in [1.82, 2.24) is 4.90 Å². The van der Waals surface area contributed by atoms with E-state index in [4.69, 9.17) is 4.99 Å². The summed E-state index contributed by atoms with van der Waals surface area (Å²) in [5, 5.41) is 5.48. The van der Waals surface area contributed by atoms with Crippen LogP contribution in [0.4, 0.5) is 0 Å². The smallest absolute Gasteiger partial charge is 0.272 e. The van der Waals surface area contributed by atoms with Gasteiger partial charge in [0.15, 0.2) is 18.3 Å². The van der Waals surface area contributed by atoms with Crippen LogP contribution in [-0.2, 0) is 17.6 Å². The third-order valence-electron chi connectivity index (χ3n) is 15.1. The molecule has 0 radical (unpaired) electrons. The number of rotatable bonds is 4. The zero-order valence-corrected chi connectivity index (χ0v) is 35.3. The molecule has 58 heavy (non-hydrogen) atoms. The zero-order valence-electron chi connectivity index (χ0n) is 35.3. The maximum Gasteiger partial charge on any atom is 0.417 e. The average molecular weight is 765 g/mol. The molecule has 0 aromatic heterocycles. The quantitative estimate of drug-likeness (QED) is 0.167. The van der Waals surface area contributed by atoms with Crippen LogP contribution in [-0.4, -0.2) is 44.4 Å². The van der Waals surface area contributed by atoms with Gasteiger partial charge in [-0.15, -0.1) is 4.58 Å². The Bertz CT molecular complexity index is 2590. The van der Waals surface area contributed by atoms with Crippen molar-refractivity contribution >= 4 is 45.4 Å². The van der Waals surface area contributed by atoms with Crippen LogP contribution < -0.4 is 0 Å². The second-order valence-electron chi connectivity index (χ2n) is 19.8. The molecule has 4 heteroatoms. The van der Waals surface area contributed by atoms with Gasteiger partial charge in [0.2, 0.25) is 0 Å². The van der Waals surface area contributed by atoms with E-state index in [2.05, 4.69) is 158 Å². The Morgan fingerprint density at radius 2 is 1.48 bits per heavy atom. The maximum atomic E-state index is 5.81. The molecule has 3 atom stereocenters. The summed E-state index contributed by atoms with van der Waals surface area (Å²) in [6, 6.07) is 36.2. The highest BCUT2D eigenvalue weighted by Crippen LogP contribution is 2.55. The van der Waals surface area contributed by atoms with E-state index in [1.807, 2.05) is 0 Å². The van der Waals surface area contributed by atoms with Gasteiger partial charge in [-0.25, -0.2) is 0 Å². The fourth-order valence-electron chi connectivity index (χ4n) is 12.3. The Morgan fingerprint density at radius 1 is 0.759 bits per heavy atom. The van der Waals surface area contributed by atoms with Gasteiger partial charge in [0, 0.05) is 36.2 Å². The summed E-state index contributed by atoms with van der Waals surface area (Å²) in [5.41, 5.74) is 13.0. The van der Waals surface area contributed by atoms with Gasteiger partial charge in [0.25, 0.3) is 6.34 Å². The molecule has 5 aromatic rings. The molecule has 3 aliphatic heterocycles. The molecule has 2 saturated carbocycles. The molecule has 0 amide bonds. The molecule has 0 bridgehead atoms. The number of aliphatic imine (C=N–C) groups is 1. The van der Waals surface area contributed by atoms with Crippen LogP contribution in [0.3, 0.4) is 0 Å². The van der Waals surface area contributed by atoms with Crippen LogP contribution in [0.15, 0.2) is 102 Å². The highest BCUT2D eigenvalue weighted by Gasteiger charge is 2.68. The molecule has 2 fully saturated rings. The Kier molecular flexibility index (Phi) is 8.51. The van der Waals surface area contributed by atoms with E-state index in [0.29, 0.717) is 18.0 Å². The first-order valence-electron chi connectivity index (χ1n) is 22.7. The van der Waals surface area contributed by atoms with E-state index in [9.17, 15) is 0 Å². The topological polar surface area (TPSA) is 21.6 Å². The van der Waals surface area contributed by atoms with Crippen LogP contribution in [0.25, 0.3) is 27.1 Å². The second-order valence-corrected chi connectivity index (χ2v) is 19.8. The van der Waals surface area contributed by atoms with Crippen molar-refractivity contribution in [3.8, 4) is 0 Å². The normalized spacial score (nSPS) is 24.7. The molecule has 3 heterocycles. The maximum absolute atomic E-state index is 5.81. The summed E-state index contributed by atoms with van der Waals surface area (Å²) in [4.78, 5) is 8.71. The SMILES string of the molecule is CC(C)c1cc2ccccc2c2c1CC1C3=[N+](C=NC21)C1(c2ccc4cc(C(C)(C)C)ccc4c23)N(C2CCCCC2)C=C(c2ccccc2)C=[N+]1C1CCCCC1. The minimum atomic E-state index is -0.546. The van der Waals surface area contributed by atoms with Gasteiger partial charge in [0.1, 0.15) is 11.3 Å². The summed E-state index contributed by atoms with van der Waals surface area (Å²) in [6.07, 6.45) is 21.3. The van der Waals surface area contributed by atoms with E-state index in [1.165, 1.54) is 130 Å². The summed E-state index contributed by atoms with van der Waals surface area (Å²) in [7, 11) is 0. The van der Waals surface area contributed by atoms with Crippen molar-refractivity contribution in [2.75, 3.05) is 0 Å². The fourth-order valence-corrected chi connectivity index (χ4v) is 12.3. The lowest BCUT2D eigenvalue weighted by Gasteiger charge is -2.46. The van der Waals surface area contributed by atoms with Gasteiger partial charge in [-0.05, 0) is 93.3 Å². The van der Waals surface area contributed by atoms with Crippen LogP contribution in [0.2, 0.25) is 0 Å². The van der Waals surface area contributed by atoms with Gasteiger partial charge >= 0.3 is 5.79 Å². The van der Waals surface area contributed by atoms with Crippen LogP contribution in [0.5, 0.6) is 0 Å². The summed E-state index contributed by atoms with van der Waals surface area (Å²) >= 11 is 0. The molecule has 5 aromatic carbocycles. The summed E-state index contributed by atoms with van der Waals surface area (Å²) < 4.78 is 5.66. The predicted octanol–water partition coefficient (Wildman–Crippen LogP) is 12.4. The first-order chi connectivity index (χ1) is 28.2. The first-order valence-corrected chi connectivity index (χ1v) is 22.7. The van der Waals surface area contributed by atoms with Gasteiger partial charge in [-0.3, -0.25) is 4.90 Å². The van der Waals surface area contributed by atoms with Crippen molar-refractivity contribution < 1.29 is 9.15 Å². The third kappa shape index (κ3) is 5.35. The minimum Gasteiger partial charge on any atom is -0.272 e. The van der Waals surface area contributed by atoms with Crippen molar-refractivity contribution in [1.29, 1.82) is 0 Å². The van der Waals surface area contributed by atoms with Gasteiger partial charge in [-0.2, -0.15) is 4.58 Å². The Hall–Kier alpha value is -4.83. The van der Waals surface area contributed by atoms with Crippen molar-refractivity contribution in [3.05, 3.63) is 136 Å². The highest BCUT2D eigenvalue weighted by molar-refractivity contribution is 6.15. The molecule has 11 rings (SSSR count). The lowest BCUT2D eigenvalue weighted by atomic mass is 9.82. The Balaban J connectivity index is 1.22. The van der Waals surface area contributed by atoms with Crippen molar-refractivity contribution in [3.63, 3.8) is 0 Å². The Labute approximate surface area is 345 Å². The first kappa shape index (κ1) is 36.3. The van der Waals surface area contributed by atoms with E-state index >= 15 is 0 Å². The number of allylic oxidation sites excluding steroid dienone is 1. The molecule has 1 spiro atoms. The van der Waals surface area contributed by atoms with E-state index < -0.39 is 5.79 Å². The highest BCUT2D eigenvalue weighted by atomic mass is 15.5. The standard InChI is InChI=1S/C54H60N4/c1-35(2)45-30-37-19-15-16-24-43(37)49-46(45)31-47-51(49)55-34-58-52(47)50-44-27-26-40(53(3,4)5)29-38(44)25-28-48(50)54(58)56(41-20-11-7-12-21-41)32-39(36-17-9-6-10-18-36)33-57(54)42-22-13-8-14-23-42/h6,9-10,15-19,24-30,32-35,41-42,47,51H,7-8,11-14,20-23,31H2,1-5H3/q+2.